The maximum absolute atomic E-state index is 8.94. The Bertz CT molecular complexity index is 1330. The number of phenols is 5. The molecule has 0 aliphatic carbocycles. The predicted octanol–water partition coefficient (Wildman–Crippen LogP) is 7.67. The maximum atomic E-state index is 8.94. The van der Waals surface area contributed by atoms with E-state index in [2.05, 4.69) is 0 Å². The lowest BCUT2D eigenvalue weighted by Gasteiger charge is -1.96. The minimum atomic E-state index is -0.0689. The highest BCUT2D eigenvalue weighted by atomic mass is 16.3. The molecule has 0 saturated carbocycles. The molecule has 0 aliphatic rings. The fourth-order valence-corrected chi connectivity index (χ4v) is 3.01. The van der Waals surface area contributed by atoms with Crippen LogP contribution in [-0.2, 0) is 0 Å². The van der Waals surface area contributed by atoms with Gasteiger partial charge in [0.05, 0.1) is 0 Å². The molecule has 9 N–H and O–H groups in total. The third kappa shape index (κ3) is 15.3. The first-order valence-electron chi connectivity index (χ1n) is 13.1. The van der Waals surface area contributed by atoms with Crippen LogP contribution < -0.4 is 11.5 Å². The van der Waals surface area contributed by atoms with Crippen molar-refractivity contribution in [1.29, 1.82) is 0 Å². The standard InChI is InChI=1S/2C7H9N.2C7H8O2.C7H8O/c1-6-2-4-7(8)5-3-6;1-6-3-2-4-7(8)5-6;1-5-2-3-6(8)4-7(5)9;1-5-2-3-6(8)7(9)4-5;1-6-2-4-7(8)5-3-6/h2*2-5H,8H2,1H3;2*2-4,8-9H,1H3;2-5,8H,1H3. The van der Waals surface area contributed by atoms with Gasteiger partial charge in [0.2, 0.25) is 0 Å². The van der Waals surface area contributed by atoms with Crippen LogP contribution in [0.2, 0.25) is 0 Å². The number of benzene rings is 5. The second kappa shape index (κ2) is 18.1. The minimum absolute atomic E-state index is 0.0602. The van der Waals surface area contributed by atoms with Crippen LogP contribution in [0.1, 0.15) is 27.8 Å². The molecule has 7 nitrogen and oxygen atoms in total. The van der Waals surface area contributed by atoms with Crippen molar-refractivity contribution in [2.24, 2.45) is 0 Å². The molecule has 42 heavy (non-hydrogen) atoms. The Kier molecular flexibility index (Phi) is 15.0. The molecule has 5 rings (SSSR count). The summed E-state index contributed by atoms with van der Waals surface area (Å²) in [6.45, 7) is 9.67. The number of anilines is 2. The van der Waals surface area contributed by atoms with Crippen molar-refractivity contribution in [2.45, 2.75) is 34.6 Å². The van der Waals surface area contributed by atoms with Gasteiger partial charge in [-0.1, -0.05) is 59.7 Å². The highest BCUT2D eigenvalue weighted by Crippen LogP contribution is 2.24. The normalized spacial score (nSPS) is 9.26. The molecule has 0 bridgehead atoms. The van der Waals surface area contributed by atoms with Crippen molar-refractivity contribution in [3.05, 3.63) is 137 Å². The molecule has 5 aromatic rings. The van der Waals surface area contributed by atoms with Gasteiger partial charge in [0.15, 0.2) is 11.5 Å². The first-order chi connectivity index (χ1) is 19.8. The molecule has 222 valence electrons. The zero-order valence-electron chi connectivity index (χ0n) is 24.8. The second-order valence-corrected chi connectivity index (χ2v) is 9.62. The molecule has 0 atom stereocenters. The van der Waals surface area contributed by atoms with Crippen molar-refractivity contribution >= 4 is 11.4 Å². The van der Waals surface area contributed by atoms with Gasteiger partial charge in [0.1, 0.15) is 17.2 Å². The van der Waals surface area contributed by atoms with Gasteiger partial charge in [0.25, 0.3) is 0 Å². The zero-order chi connectivity index (χ0) is 31.7. The van der Waals surface area contributed by atoms with Crippen LogP contribution in [0, 0.1) is 34.6 Å². The summed E-state index contributed by atoms with van der Waals surface area (Å²) in [6.07, 6.45) is 0. The topological polar surface area (TPSA) is 153 Å². The molecule has 0 unspecified atom stereocenters. The fraction of sp³-hybridized carbons (Fsp3) is 0.143. The highest BCUT2D eigenvalue weighted by Gasteiger charge is 1.95. The highest BCUT2D eigenvalue weighted by molar-refractivity contribution is 5.41. The molecule has 0 saturated heterocycles. The van der Waals surface area contributed by atoms with E-state index < -0.39 is 0 Å². The Labute approximate surface area is 248 Å². The van der Waals surface area contributed by atoms with E-state index >= 15 is 0 Å². The molecular weight excluding hydrogens is 528 g/mol. The van der Waals surface area contributed by atoms with Crippen molar-refractivity contribution < 1.29 is 25.5 Å². The lowest BCUT2D eigenvalue weighted by atomic mass is 10.2. The summed E-state index contributed by atoms with van der Waals surface area (Å²) in [5.41, 5.74) is 17.9. The van der Waals surface area contributed by atoms with E-state index in [1.807, 2.05) is 88.4 Å². The van der Waals surface area contributed by atoms with Crippen LogP contribution in [0.15, 0.2) is 109 Å². The van der Waals surface area contributed by atoms with Crippen molar-refractivity contribution in [1.82, 2.24) is 0 Å². The Balaban J connectivity index is 0.000000263. The summed E-state index contributed by atoms with van der Waals surface area (Å²) in [5, 5.41) is 44.1. The van der Waals surface area contributed by atoms with E-state index in [9.17, 15) is 0 Å². The van der Waals surface area contributed by atoms with Gasteiger partial charge < -0.3 is 37.0 Å². The van der Waals surface area contributed by atoms with Gasteiger partial charge in [-0.15, -0.1) is 0 Å². The van der Waals surface area contributed by atoms with Gasteiger partial charge in [-0.25, -0.2) is 0 Å². The number of hydrogen-bond acceptors (Lipinski definition) is 7. The average molecular weight is 571 g/mol. The molecule has 0 aliphatic heterocycles. The van der Waals surface area contributed by atoms with Crippen molar-refractivity contribution in [2.75, 3.05) is 11.5 Å². The van der Waals surface area contributed by atoms with E-state index in [1.165, 1.54) is 41.0 Å². The number of aromatic hydroxyl groups is 5. The summed E-state index contributed by atoms with van der Waals surface area (Å²) in [7, 11) is 0. The number of phenolic OH excluding ortho intramolecular Hbond substituents is 5. The Hall–Kier alpha value is -5.30. The predicted molar refractivity (Wildman–Crippen MR) is 173 cm³/mol. The zero-order valence-corrected chi connectivity index (χ0v) is 24.8. The second-order valence-electron chi connectivity index (χ2n) is 9.62. The lowest BCUT2D eigenvalue weighted by molar-refractivity contribution is 0.403. The fourth-order valence-electron chi connectivity index (χ4n) is 3.01. The van der Waals surface area contributed by atoms with E-state index in [4.69, 9.17) is 37.0 Å². The summed E-state index contributed by atoms with van der Waals surface area (Å²) in [4.78, 5) is 0. The molecule has 0 radical (unpaired) electrons. The Morgan fingerprint density at radius 1 is 0.381 bits per heavy atom. The Morgan fingerprint density at radius 2 is 0.881 bits per heavy atom. The molecule has 0 fully saturated rings. The summed E-state index contributed by atoms with van der Waals surface area (Å²) in [6, 6.07) is 31.9. The number of rotatable bonds is 0. The van der Waals surface area contributed by atoms with Crippen LogP contribution in [0.25, 0.3) is 0 Å². The first-order valence-corrected chi connectivity index (χ1v) is 13.1. The number of aryl methyl sites for hydroxylation is 5. The molecule has 5 aromatic carbocycles. The molecule has 0 amide bonds. The van der Waals surface area contributed by atoms with Crippen molar-refractivity contribution in [3.8, 4) is 28.7 Å². The third-order valence-corrected chi connectivity index (χ3v) is 5.48. The minimum Gasteiger partial charge on any atom is -0.508 e. The van der Waals surface area contributed by atoms with E-state index in [-0.39, 0.29) is 23.0 Å². The monoisotopic (exact) mass is 570 g/mol. The maximum Gasteiger partial charge on any atom is 0.157 e. The van der Waals surface area contributed by atoms with Crippen LogP contribution >= 0.6 is 0 Å². The van der Waals surface area contributed by atoms with Crippen LogP contribution in [-0.4, -0.2) is 25.5 Å². The van der Waals surface area contributed by atoms with Crippen LogP contribution in [0.3, 0.4) is 0 Å². The summed E-state index contributed by atoms with van der Waals surface area (Å²) in [5.74, 6) is 0.430. The molecule has 7 heteroatoms. The van der Waals surface area contributed by atoms with Gasteiger partial charge in [-0.05, 0) is 106 Å². The number of nitrogen functional groups attached to an aromatic ring is 2. The summed E-state index contributed by atoms with van der Waals surface area (Å²) < 4.78 is 0. The van der Waals surface area contributed by atoms with E-state index in [1.54, 1.807) is 31.2 Å². The SMILES string of the molecule is Cc1ccc(N)cc1.Cc1ccc(O)c(O)c1.Cc1ccc(O)cc1.Cc1ccc(O)cc1O.Cc1cccc(N)c1. The average Bonchev–Trinajstić information content (AvgIpc) is 2.93. The van der Waals surface area contributed by atoms with Crippen LogP contribution in [0.4, 0.5) is 11.4 Å². The number of hydrogen-bond donors (Lipinski definition) is 7. The molecular formula is C35H42N2O5. The first kappa shape index (κ1) is 34.7. The van der Waals surface area contributed by atoms with Gasteiger partial charge >= 0.3 is 0 Å². The van der Waals surface area contributed by atoms with E-state index in [0.717, 1.165) is 22.5 Å². The van der Waals surface area contributed by atoms with E-state index in [0.29, 0.717) is 5.75 Å². The molecule has 0 aromatic heterocycles. The quantitative estimate of drug-likeness (QED) is 0.0745. The van der Waals surface area contributed by atoms with Gasteiger partial charge in [-0.2, -0.15) is 0 Å². The van der Waals surface area contributed by atoms with Gasteiger partial charge in [0, 0.05) is 17.4 Å². The largest absolute Gasteiger partial charge is 0.508 e. The van der Waals surface area contributed by atoms with Crippen LogP contribution in [0.5, 0.6) is 28.7 Å². The van der Waals surface area contributed by atoms with Crippen molar-refractivity contribution in [3.63, 3.8) is 0 Å². The summed E-state index contributed by atoms with van der Waals surface area (Å²) >= 11 is 0. The molecule has 0 spiro atoms. The number of nitrogens with two attached hydrogens (primary N) is 2. The van der Waals surface area contributed by atoms with Gasteiger partial charge in [-0.3, -0.25) is 0 Å². The smallest absolute Gasteiger partial charge is 0.157 e. The molecule has 0 heterocycles. The third-order valence-electron chi connectivity index (χ3n) is 5.48. The Morgan fingerprint density at radius 3 is 1.26 bits per heavy atom. The lowest BCUT2D eigenvalue weighted by Crippen LogP contribution is -1.82.